The predicted octanol–water partition coefficient (Wildman–Crippen LogP) is 4.48. The Bertz CT molecular complexity index is 1220. The van der Waals surface area contributed by atoms with Gasteiger partial charge < -0.3 is 10.5 Å². The topological polar surface area (TPSA) is 111 Å². The van der Waals surface area contributed by atoms with E-state index >= 15 is 0 Å². The van der Waals surface area contributed by atoms with Crippen LogP contribution >= 0.6 is 11.8 Å². The van der Waals surface area contributed by atoms with Crippen molar-refractivity contribution >= 4 is 17.3 Å². The normalized spacial score (nSPS) is 16.2. The van der Waals surface area contributed by atoms with E-state index in [0.29, 0.717) is 39.6 Å². The summed E-state index contributed by atoms with van der Waals surface area (Å²) in [7, 11) is 0. The summed E-state index contributed by atoms with van der Waals surface area (Å²) in [5.74, 6) is 1.03. The first-order valence-corrected chi connectivity index (χ1v) is 11.0. The first-order chi connectivity index (χ1) is 15.6. The maximum atomic E-state index is 9.42. The number of hydrogen-bond donors (Lipinski definition) is 1. The zero-order valence-electron chi connectivity index (χ0n) is 17.8. The van der Waals surface area contributed by atoms with Crippen molar-refractivity contribution in [3.05, 3.63) is 82.7 Å². The van der Waals surface area contributed by atoms with Crippen LogP contribution < -0.4 is 10.5 Å². The Morgan fingerprint density at radius 3 is 2.69 bits per heavy atom. The first-order valence-electron chi connectivity index (χ1n) is 10.1. The van der Waals surface area contributed by atoms with E-state index in [-0.39, 0.29) is 0 Å². The molecule has 0 saturated heterocycles. The Labute approximate surface area is 191 Å². The third-order valence-electron chi connectivity index (χ3n) is 4.98. The molecule has 1 aliphatic rings. The second-order valence-corrected chi connectivity index (χ2v) is 8.87. The van der Waals surface area contributed by atoms with Gasteiger partial charge in [0.25, 0.3) is 0 Å². The minimum atomic E-state index is 0.304. The fraction of sp³-hybridized carbons (Fsp3) is 0.208. The van der Waals surface area contributed by atoms with Crippen LogP contribution in [0.15, 0.2) is 65.9 Å². The van der Waals surface area contributed by atoms with Crippen molar-refractivity contribution in [2.45, 2.75) is 32.1 Å². The Hall–Kier alpha value is -3.54. The summed E-state index contributed by atoms with van der Waals surface area (Å²) in [6.07, 6.45) is 11.4. The standard InChI is InChI=1S/C24H22N6OS/c1-15-7-16(2)32-23(9-20(15)21-14-27-5-6-28-21)31-22-8-17(10-25)3-4-19(22)24-29-12-18(11-26)13-30-24/h3-6,8-9,12-14,16H,7,11,26H2,1-2H3/t16-/m1/s1. The van der Waals surface area contributed by atoms with Crippen LogP contribution in [-0.2, 0) is 6.54 Å². The number of nitrogens with two attached hydrogens (primary N) is 1. The lowest BCUT2D eigenvalue weighted by atomic mass is 10.0. The van der Waals surface area contributed by atoms with E-state index in [0.717, 1.165) is 23.3 Å². The van der Waals surface area contributed by atoms with Gasteiger partial charge in [-0.1, -0.05) is 24.3 Å². The highest BCUT2D eigenvalue weighted by Gasteiger charge is 2.20. The molecule has 1 atom stereocenters. The van der Waals surface area contributed by atoms with Gasteiger partial charge in [-0.2, -0.15) is 5.26 Å². The molecular formula is C24H22N6OS. The maximum Gasteiger partial charge on any atom is 0.162 e. The van der Waals surface area contributed by atoms with E-state index in [1.165, 1.54) is 5.57 Å². The van der Waals surface area contributed by atoms with Crippen LogP contribution in [0.5, 0.6) is 5.75 Å². The van der Waals surface area contributed by atoms with E-state index in [9.17, 15) is 5.26 Å². The van der Waals surface area contributed by atoms with Crippen molar-refractivity contribution < 1.29 is 4.74 Å². The lowest BCUT2D eigenvalue weighted by Crippen LogP contribution is -2.02. The zero-order valence-corrected chi connectivity index (χ0v) is 18.6. The molecule has 1 aromatic carbocycles. The van der Waals surface area contributed by atoms with Gasteiger partial charge in [0.05, 0.1) is 29.1 Å². The summed E-state index contributed by atoms with van der Waals surface area (Å²) >= 11 is 1.64. The lowest BCUT2D eigenvalue weighted by Gasteiger charge is -2.15. The summed E-state index contributed by atoms with van der Waals surface area (Å²) in [6, 6.07) is 7.42. The number of rotatable bonds is 5. The SMILES string of the molecule is CC1=C(c2cnccn2)C=C(Oc2cc(C#N)ccc2-c2ncc(CN)cn2)S[C@H](C)C1. The number of nitrogens with zero attached hydrogens (tertiary/aromatic N) is 5. The minimum absolute atomic E-state index is 0.304. The molecular weight excluding hydrogens is 420 g/mol. The largest absolute Gasteiger partial charge is 0.450 e. The van der Waals surface area contributed by atoms with Crippen molar-refractivity contribution in [3.63, 3.8) is 0 Å². The number of aromatic nitrogens is 4. The highest BCUT2D eigenvalue weighted by Crippen LogP contribution is 2.39. The van der Waals surface area contributed by atoms with Crippen LogP contribution in [0, 0.1) is 11.3 Å². The summed E-state index contributed by atoms with van der Waals surface area (Å²) < 4.78 is 6.38. The molecule has 160 valence electrons. The van der Waals surface area contributed by atoms with E-state index in [2.05, 4.69) is 39.9 Å². The number of allylic oxidation sites excluding steroid dienone is 3. The zero-order chi connectivity index (χ0) is 22.5. The molecule has 3 aromatic rings. The van der Waals surface area contributed by atoms with Gasteiger partial charge in [0.15, 0.2) is 10.9 Å². The van der Waals surface area contributed by atoms with E-state index in [1.54, 1.807) is 60.9 Å². The Morgan fingerprint density at radius 1 is 1.19 bits per heavy atom. The quantitative estimate of drug-likeness (QED) is 0.616. The molecule has 8 heteroatoms. The van der Waals surface area contributed by atoms with E-state index in [1.807, 2.05) is 6.08 Å². The van der Waals surface area contributed by atoms with Crippen LogP contribution in [0.3, 0.4) is 0 Å². The fourth-order valence-electron chi connectivity index (χ4n) is 3.41. The molecule has 2 aromatic heterocycles. The van der Waals surface area contributed by atoms with Crippen LogP contribution in [0.25, 0.3) is 17.0 Å². The molecule has 0 bridgehead atoms. The number of nitriles is 1. The molecule has 1 aliphatic heterocycles. The number of benzene rings is 1. The van der Waals surface area contributed by atoms with Gasteiger partial charge in [-0.15, -0.1) is 0 Å². The highest BCUT2D eigenvalue weighted by atomic mass is 32.2. The predicted molar refractivity (Wildman–Crippen MR) is 125 cm³/mol. The van der Waals surface area contributed by atoms with Crippen molar-refractivity contribution in [3.8, 4) is 23.2 Å². The molecule has 2 N–H and O–H groups in total. The molecule has 0 saturated carbocycles. The van der Waals surface area contributed by atoms with Crippen LogP contribution in [0.1, 0.15) is 37.1 Å². The van der Waals surface area contributed by atoms with Crippen molar-refractivity contribution in [2.75, 3.05) is 0 Å². The first kappa shape index (κ1) is 21.7. The molecule has 0 spiro atoms. The van der Waals surface area contributed by atoms with Gasteiger partial charge in [-0.05, 0) is 37.6 Å². The third kappa shape index (κ3) is 4.85. The van der Waals surface area contributed by atoms with Gasteiger partial charge in [0.2, 0.25) is 0 Å². The van der Waals surface area contributed by atoms with Crippen molar-refractivity contribution in [2.24, 2.45) is 5.73 Å². The molecule has 0 aliphatic carbocycles. The molecule has 3 heterocycles. The van der Waals surface area contributed by atoms with Crippen molar-refractivity contribution in [1.82, 2.24) is 19.9 Å². The van der Waals surface area contributed by atoms with Gasteiger partial charge in [0, 0.05) is 47.7 Å². The molecule has 0 amide bonds. The second kappa shape index (κ2) is 9.73. The molecule has 32 heavy (non-hydrogen) atoms. The van der Waals surface area contributed by atoms with Crippen LogP contribution in [-0.4, -0.2) is 25.2 Å². The molecule has 0 radical (unpaired) electrons. The summed E-state index contributed by atoms with van der Waals surface area (Å²) in [5, 5.41) is 10.4. The van der Waals surface area contributed by atoms with Crippen LogP contribution in [0.2, 0.25) is 0 Å². The smallest absolute Gasteiger partial charge is 0.162 e. The Morgan fingerprint density at radius 2 is 2.00 bits per heavy atom. The van der Waals surface area contributed by atoms with E-state index < -0.39 is 0 Å². The van der Waals surface area contributed by atoms with Gasteiger partial charge in [-0.25, -0.2) is 9.97 Å². The van der Waals surface area contributed by atoms with Crippen molar-refractivity contribution in [1.29, 1.82) is 5.26 Å². The Kier molecular flexibility index (Phi) is 6.59. The van der Waals surface area contributed by atoms with Crippen LogP contribution in [0.4, 0.5) is 0 Å². The minimum Gasteiger partial charge on any atom is -0.450 e. The second-order valence-electron chi connectivity index (χ2n) is 7.42. The molecule has 0 unspecified atom stereocenters. The lowest BCUT2D eigenvalue weighted by molar-refractivity contribution is 0.467. The molecule has 0 fully saturated rings. The molecule has 7 nitrogen and oxygen atoms in total. The number of hydrogen-bond acceptors (Lipinski definition) is 8. The van der Waals surface area contributed by atoms with Gasteiger partial charge in [0.1, 0.15) is 5.75 Å². The number of thioether (sulfide) groups is 1. The number of ether oxygens (including phenoxy) is 1. The van der Waals surface area contributed by atoms with Gasteiger partial charge >= 0.3 is 0 Å². The van der Waals surface area contributed by atoms with Gasteiger partial charge in [-0.3, -0.25) is 9.97 Å². The van der Waals surface area contributed by atoms with E-state index in [4.69, 9.17) is 10.5 Å². The third-order valence-corrected chi connectivity index (χ3v) is 5.98. The molecule has 4 rings (SSSR count). The fourth-order valence-corrected chi connectivity index (χ4v) is 4.46. The monoisotopic (exact) mass is 442 g/mol. The highest BCUT2D eigenvalue weighted by molar-refractivity contribution is 8.03. The maximum absolute atomic E-state index is 9.42. The average Bonchev–Trinajstić information content (AvgIpc) is 2.96. The summed E-state index contributed by atoms with van der Waals surface area (Å²) in [5.41, 5.74) is 10.7. The summed E-state index contributed by atoms with van der Waals surface area (Å²) in [6.45, 7) is 4.64. The Balaban J connectivity index is 1.75. The average molecular weight is 443 g/mol. The summed E-state index contributed by atoms with van der Waals surface area (Å²) in [4.78, 5) is 17.5.